The van der Waals surface area contributed by atoms with E-state index in [9.17, 15) is 0 Å². The predicted octanol–water partition coefficient (Wildman–Crippen LogP) is 3.37. The topological polar surface area (TPSA) is 29.0 Å². The molecule has 1 aromatic heterocycles. The first-order chi connectivity index (χ1) is 8.88. The molecule has 0 aromatic carbocycles. The largest absolute Gasteiger partial charge is 0.352 e. The van der Waals surface area contributed by atoms with E-state index in [0.717, 1.165) is 24.0 Å². The Hall–Kier alpha value is -0.830. The molecule has 1 aliphatic carbocycles. The van der Waals surface area contributed by atoms with Crippen LogP contribution in [0.3, 0.4) is 0 Å². The van der Waals surface area contributed by atoms with E-state index in [2.05, 4.69) is 14.9 Å². The van der Waals surface area contributed by atoms with Crippen molar-refractivity contribution in [2.24, 2.45) is 5.92 Å². The van der Waals surface area contributed by atoms with Gasteiger partial charge in [0.25, 0.3) is 0 Å². The maximum atomic E-state index is 5.76. The summed E-state index contributed by atoms with van der Waals surface area (Å²) in [5, 5.41) is 0. The molecule has 2 atom stereocenters. The summed E-state index contributed by atoms with van der Waals surface area (Å²) in [5.74, 6) is 2.36. The summed E-state index contributed by atoms with van der Waals surface area (Å²) in [5.41, 5.74) is 0.859. The first-order valence-electron chi connectivity index (χ1n) is 7.02. The van der Waals surface area contributed by atoms with Gasteiger partial charge in [-0.25, -0.2) is 4.98 Å². The maximum absolute atomic E-state index is 5.76. The molecule has 3 nitrogen and oxygen atoms in total. The van der Waals surface area contributed by atoms with Crippen LogP contribution in [0.1, 0.15) is 44.2 Å². The van der Waals surface area contributed by atoms with Gasteiger partial charge >= 0.3 is 0 Å². The molecule has 1 aliphatic heterocycles. The van der Waals surface area contributed by atoms with Gasteiger partial charge in [0.2, 0.25) is 0 Å². The normalized spacial score (nSPS) is 27.9. The van der Waals surface area contributed by atoms with Crippen LogP contribution in [0.4, 0.5) is 5.82 Å². The summed E-state index contributed by atoms with van der Waals surface area (Å²) in [4.78, 5) is 11.4. The zero-order valence-corrected chi connectivity index (χ0v) is 11.4. The third kappa shape index (κ3) is 2.33. The molecule has 2 heterocycles. The number of aromatic nitrogens is 2. The van der Waals surface area contributed by atoms with Gasteiger partial charge in [-0.2, -0.15) is 0 Å². The average molecular weight is 266 g/mol. The predicted molar refractivity (Wildman–Crippen MR) is 73.9 cm³/mol. The minimum absolute atomic E-state index is 0.444. The van der Waals surface area contributed by atoms with E-state index >= 15 is 0 Å². The molecule has 0 radical (unpaired) electrons. The van der Waals surface area contributed by atoms with E-state index in [1.54, 1.807) is 0 Å². The van der Waals surface area contributed by atoms with Crippen LogP contribution in [0, 0.1) is 5.92 Å². The lowest BCUT2D eigenvalue weighted by atomic mass is 9.78. The van der Waals surface area contributed by atoms with Crippen LogP contribution in [0.2, 0.25) is 0 Å². The number of hydrogen-bond donors (Lipinski definition) is 0. The zero-order chi connectivity index (χ0) is 12.4. The molecule has 4 heteroatoms. The second kappa shape index (κ2) is 5.43. The van der Waals surface area contributed by atoms with Crippen molar-refractivity contribution in [2.75, 3.05) is 11.4 Å². The lowest BCUT2D eigenvalue weighted by Gasteiger charge is -2.44. The van der Waals surface area contributed by atoms with E-state index in [1.165, 1.54) is 38.5 Å². The Bertz CT molecular complexity index is 391. The number of hydrogen-bond acceptors (Lipinski definition) is 3. The lowest BCUT2D eigenvalue weighted by molar-refractivity contribution is 0.242. The maximum Gasteiger partial charge on any atom is 0.147 e. The molecule has 2 aliphatic rings. The molecular weight excluding hydrogens is 246 g/mol. The van der Waals surface area contributed by atoms with Gasteiger partial charge in [-0.05, 0) is 31.6 Å². The van der Waals surface area contributed by atoms with Gasteiger partial charge < -0.3 is 4.90 Å². The molecule has 2 unspecified atom stereocenters. The van der Waals surface area contributed by atoms with Gasteiger partial charge in [0.15, 0.2) is 0 Å². The summed E-state index contributed by atoms with van der Waals surface area (Å²) in [7, 11) is 0. The fourth-order valence-corrected chi connectivity index (χ4v) is 3.61. The SMILES string of the molecule is ClCc1cnc(N2CCCC3CCCCC32)cn1. The smallest absolute Gasteiger partial charge is 0.147 e. The molecular formula is C14H20ClN3. The molecule has 0 spiro atoms. The van der Waals surface area contributed by atoms with E-state index < -0.39 is 0 Å². The molecule has 1 saturated heterocycles. The second-order valence-corrected chi connectivity index (χ2v) is 5.71. The van der Waals surface area contributed by atoms with Crippen LogP contribution < -0.4 is 4.90 Å². The Kier molecular flexibility index (Phi) is 3.69. The number of alkyl halides is 1. The van der Waals surface area contributed by atoms with Crippen molar-refractivity contribution < 1.29 is 0 Å². The van der Waals surface area contributed by atoms with Crippen molar-refractivity contribution in [2.45, 2.75) is 50.4 Å². The van der Waals surface area contributed by atoms with E-state index in [1.807, 2.05) is 12.4 Å². The zero-order valence-electron chi connectivity index (χ0n) is 10.7. The summed E-state index contributed by atoms with van der Waals surface area (Å²) in [6.45, 7) is 1.13. The Morgan fingerprint density at radius 2 is 1.94 bits per heavy atom. The molecule has 3 rings (SSSR count). The average Bonchev–Trinajstić information content (AvgIpc) is 2.47. The van der Waals surface area contributed by atoms with Crippen LogP contribution in [-0.2, 0) is 5.88 Å². The third-order valence-electron chi connectivity index (χ3n) is 4.37. The van der Waals surface area contributed by atoms with Crippen molar-refractivity contribution in [3.05, 3.63) is 18.1 Å². The van der Waals surface area contributed by atoms with Gasteiger partial charge in [-0.3, -0.25) is 4.98 Å². The van der Waals surface area contributed by atoms with Crippen molar-refractivity contribution in [3.63, 3.8) is 0 Å². The Labute approximate surface area is 114 Å². The number of halogens is 1. The second-order valence-electron chi connectivity index (χ2n) is 5.45. The number of rotatable bonds is 2. The van der Waals surface area contributed by atoms with Gasteiger partial charge in [-0.1, -0.05) is 12.8 Å². The van der Waals surface area contributed by atoms with Crippen LogP contribution >= 0.6 is 11.6 Å². The molecule has 18 heavy (non-hydrogen) atoms. The quantitative estimate of drug-likeness (QED) is 0.768. The highest BCUT2D eigenvalue weighted by atomic mass is 35.5. The van der Waals surface area contributed by atoms with Gasteiger partial charge in [-0.15, -0.1) is 11.6 Å². The van der Waals surface area contributed by atoms with Crippen molar-refractivity contribution in [3.8, 4) is 0 Å². The Morgan fingerprint density at radius 3 is 2.72 bits per heavy atom. The van der Waals surface area contributed by atoms with E-state index in [4.69, 9.17) is 11.6 Å². The van der Waals surface area contributed by atoms with Crippen molar-refractivity contribution in [1.82, 2.24) is 9.97 Å². The highest BCUT2D eigenvalue weighted by Gasteiger charge is 2.33. The highest BCUT2D eigenvalue weighted by Crippen LogP contribution is 2.36. The molecule has 2 fully saturated rings. The first kappa shape index (κ1) is 12.2. The fourth-order valence-electron chi connectivity index (χ4n) is 3.47. The first-order valence-corrected chi connectivity index (χ1v) is 7.55. The number of fused-ring (bicyclic) bond motifs is 1. The highest BCUT2D eigenvalue weighted by molar-refractivity contribution is 6.16. The molecule has 0 amide bonds. The summed E-state index contributed by atoms with van der Waals surface area (Å²) < 4.78 is 0. The van der Waals surface area contributed by atoms with Gasteiger partial charge in [0, 0.05) is 12.6 Å². The minimum atomic E-state index is 0.444. The van der Waals surface area contributed by atoms with Crippen molar-refractivity contribution in [1.29, 1.82) is 0 Å². The van der Waals surface area contributed by atoms with Gasteiger partial charge in [0.1, 0.15) is 5.82 Å². The third-order valence-corrected chi connectivity index (χ3v) is 4.64. The number of piperidine rings is 1. The van der Waals surface area contributed by atoms with Crippen LogP contribution in [0.5, 0.6) is 0 Å². The molecule has 0 N–H and O–H groups in total. The minimum Gasteiger partial charge on any atom is -0.352 e. The Morgan fingerprint density at radius 1 is 1.11 bits per heavy atom. The van der Waals surface area contributed by atoms with Crippen LogP contribution in [0.25, 0.3) is 0 Å². The Balaban J connectivity index is 1.80. The summed E-state index contributed by atoms with van der Waals surface area (Å²) in [6, 6.07) is 0.698. The van der Waals surface area contributed by atoms with Crippen molar-refractivity contribution >= 4 is 17.4 Å². The van der Waals surface area contributed by atoms with Crippen LogP contribution in [-0.4, -0.2) is 22.6 Å². The monoisotopic (exact) mass is 265 g/mol. The molecule has 0 bridgehead atoms. The molecule has 1 saturated carbocycles. The van der Waals surface area contributed by atoms with E-state index in [0.29, 0.717) is 11.9 Å². The number of nitrogens with zero attached hydrogens (tertiary/aromatic N) is 3. The number of anilines is 1. The fraction of sp³-hybridized carbons (Fsp3) is 0.714. The standard InChI is InChI=1S/C14H20ClN3/c15-8-12-9-17-14(10-16-12)18-7-3-5-11-4-1-2-6-13(11)18/h9-11,13H,1-8H2. The molecule has 1 aromatic rings. The summed E-state index contributed by atoms with van der Waals surface area (Å²) >= 11 is 5.76. The van der Waals surface area contributed by atoms with Gasteiger partial charge in [0.05, 0.1) is 24.0 Å². The van der Waals surface area contributed by atoms with E-state index in [-0.39, 0.29) is 0 Å². The summed E-state index contributed by atoms with van der Waals surface area (Å²) in [6.07, 6.45) is 11.9. The lowest BCUT2D eigenvalue weighted by Crippen LogP contribution is -2.47. The molecule has 98 valence electrons. The van der Waals surface area contributed by atoms with Crippen LogP contribution in [0.15, 0.2) is 12.4 Å².